The van der Waals surface area contributed by atoms with Gasteiger partial charge in [0.05, 0.1) is 11.0 Å². The Morgan fingerprint density at radius 1 is 0.411 bits per heavy atom. The summed E-state index contributed by atoms with van der Waals surface area (Å²) < 4.78 is 19.4. The fraction of sp³-hybridized carbons (Fsp3) is 0. The highest BCUT2D eigenvalue weighted by Gasteiger charge is 2.17. The Labute approximate surface area is 327 Å². The second kappa shape index (κ2) is 13.1. The van der Waals surface area contributed by atoms with E-state index in [2.05, 4.69) is 179 Å². The van der Waals surface area contributed by atoms with Crippen LogP contribution in [0.3, 0.4) is 0 Å². The summed E-state index contributed by atoms with van der Waals surface area (Å²) in [7, 11) is 0. The number of benzene rings is 9. The van der Waals surface area contributed by atoms with E-state index in [1.165, 1.54) is 53.2 Å². The number of nitrogens with zero attached hydrogens (tertiary/aromatic N) is 2. The van der Waals surface area contributed by atoms with Gasteiger partial charge in [0.15, 0.2) is 0 Å². The van der Waals surface area contributed by atoms with E-state index in [4.69, 9.17) is 0 Å². The third kappa shape index (κ3) is 5.37. The molecule has 4 heteroatoms. The van der Waals surface area contributed by atoms with Crippen LogP contribution >= 0.6 is 11.3 Å². The van der Waals surface area contributed by atoms with Crippen LogP contribution < -0.4 is 4.90 Å². The van der Waals surface area contributed by atoms with Gasteiger partial charge in [-0.1, -0.05) is 115 Å². The van der Waals surface area contributed by atoms with E-state index in [9.17, 15) is 4.39 Å². The molecule has 11 aromatic rings. The summed E-state index contributed by atoms with van der Waals surface area (Å²) in [6, 6.07) is 70.2. The van der Waals surface area contributed by atoms with Crippen molar-refractivity contribution in [3.05, 3.63) is 206 Å². The molecule has 9 aromatic carbocycles. The fourth-order valence-electron chi connectivity index (χ4n) is 8.36. The molecule has 2 nitrogen and oxygen atoms in total. The van der Waals surface area contributed by atoms with E-state index in [-0.39, 0.29) is 5.82 Å². The number of hydrogen-bond acceptors (Lipinski definition) is 2. The van der Waals surface area contributed by atoms with E-state index in [0.29, 0.717) is 0 Å². The van der Waals surface area contributed by atoms with Crippen LogP contribution in [0.4, 0.5) is 21.5 Å². The molecule has 0 N–H and O–H groups in total. The van der Waals surface area contributed by atoms with Crippen molar-refractivity contribution in [1.29, 1.82) is 0 Å². The Bertz CT molecular complexity index is 3250. The van der Waals surface area contributed by atoms with Crippen molar-refractivity contribution >= 4 is 81.1 Å². The molecule has 0 bridgehead atoms. The number of anilines is 3. The smallest absolute Gasteiger partial charge is 0.125 e. The van der Waals surface area contributed by atoms with E-state index >= 15 is 0 Å². The molecule has 0 saturated carbocycles. The Kier molecular flexibility index (Phi) is 7.58. The molecule has 0 spiro atoms. The number of hydrogen-bond donors (Lipinski definition) is 0. The van der Waals surface area contributed by atoms with Gasteiger partial charge in [0.1, 0.15) is 5.82 Å². The summed E-state index contributed by atoms with van der Waals surface area (Å²) in [6.45, 7) is 0. The molecule has 0 fully saturated rings. The quantitative estimate of drug-likeness (QED) is 0.165. The largest absolute Gasteiger partial charge is 0.311 e. The van der Waals surface area contributed by atoms with Gasteiger partial charge in [0.25, 0.3) is 0 Å². The molecule has 2 aromatic heterocycles. The van der Waals surface area contributed by atoms with Crippen molar-refractivity contribution in [3.8, 4) is 27.9 Å². The highest BCUT2D eigenvalue weighted by molar-refractivity contribution is 7.26. The molecule has 0 aliphatic rings. The SMILES string of the molecule is Fc1ccc2c3ccccc3n(-c3ccc(N(c4ccc(-c5ccc6ccccc6c5)cc4)c4ccc(-c5cccc6c5sc5ccccc56)cc4)cc3)c2c1. The molecule has 264 valence electrons. The van der Waals surface area contributed by atoms with Crippen molar-refractivity contribution in [3.63, 3.8) is 0 Å². The van der Waals surface area contributed by atoms with Crippen LogP contribution in [0.1, 0.15) is 0 Å². The zero-order chi connectivity index (χ0) is 37.2. The second-order valence-corrected chi connectivity index (χ2v) is 15.4. The van der Waals surface area contributed by atoms with Gasteiger partial charge >= 0.3 is 0 Å². The number of fused-ring (bicyclic) bond motifs is 7. The number of rotatable bonds is 6. The highest BCUT2D eigenvalue weighted by atomic mass is 32.1. The van der Waals surface area contributed by atoms with Gasteiger partial charge in [-0.25, -0.2) is 4.39 Å². The van der Waals surface area contributed by atoms with Crippen molar-refractivity contribution in [2.45, 2.75) is 0 Å². The first-order valence-corrected chi connectivity index (χ1v) is 19.7. The van der Waals surface area contributed by atoms with Crippen LogP contribution in [0.15, 0.2) is 200 Å². The Morgan fingerprint density at radius 2 is 1.02 bits per heavy atom. The maximum Gasteiger partial charge on any atom is 0.125 e. The van der Waals surface area contributed by atoms with Crippen LogP contribution in [0.2, 0.25) is 0 Å². The van der Waals surface area contributed by atoms with Crippen molar-refractivity contribution < 1.29 is 4.39 Å². The Morgan fingerprint density at radius 3 is 1.80 bits per heavy atom. The lowest BCUT2D eigenvalue weighted by Gasteiger charge is -2.26. The zero-order valence-corrected chi connectivity index (χ0v) is 31.0. The van der Waals surface area contributed by atoms with Crippen LogP contribution in [-0.4, -0.2) is 4.57 Å². The van der Waals surface area contributed by atoms with Gasteiger partial charge in [0, 0.05) is 53.7 Å². The monoisotopic (exact) mass is 736 g/mol. The third-order valence-electron chi connectivity index (χ3n) is 11.1. The first-order chi connectivity index (χ1) is 27.7. The van der Waals surface area contributed by atoms with Crippen molar-refractivity contribution in [2.24, 2.45) is 0 Å². The summed E-state index contributed by atoms with van der Waals surface area (Å²) in [6.07, 6.45) is 0. The molecule has 0 atom stereocenters. The Balaban J connectivity index is 1.01. The first-order valence-electron chi connectivity index (χ1n) is 18.9. The highest BCUT2D eigenvalue weighted by Crippen LogP contribution is 2.42. The van der Waals surface area contributed by atoms with Gasteiger partial charge in [-0.15, -0.1) is 11.3 Å². The van der Waals surface area contributed by atoms with E-state index in [1.807, 2.05) is 29.5 Å². The summed E-state index contributed by atoms with van der Waals surface area (Å²) >= 11 is 1.86. The molecule has 0 amide bonds. The molecule has 56 heavy (non-hydrogen) atoms. The van der Waals surface area contributed by atoms with Gasteiger partial charge in [0.2, 0.25) is 0 Å². The molecule has 0 aliphatic carbocycles. The molecule has 0 aliphatic heterocycles. The number of halogens is 1. The lowest BCUT2D eigenvalue weighted by atomic mass is 10.0. The van der Waals surface area contributed by atoms with Crippen LogP contribution in [0.5, 0.6) is 0 Å². The molecule has 0 unspecified atom stereocenters. The topological polar surface area (TPSA) is 8.17 Å². The second-order valence-electron chi connectivity index (χ2n) is 14.3. The van der Waals surface area contributed by atoms with E-state index < -0.39 is 0 Å². The maximum absolute atomic E-state index is 14.7. The molecule has 0 radical (unpaired) electrons. The van der Waals surface area contributed by atoms with E-state index in [0.717, 1.165) is 44.6 Å². The fourth-order valence-corrected chi connectivity index (χ4v) is 9.59. The third-order valence-corrected chi connectivity index (χ3v) is 12.3. The zero-order valence-electron chi connectivity index (χ0n) is 30.2. The van der Waals surface area contributed by atoms with Gasteiger partial charge in [-0.3, -0.25) is 0 Å². The molecule has 2 heterocycles. The minimum absolute atomic E-state index is 0.247. The Hall–Kier alpha value is -7.01. The lowest BCUT2D eigenvalue weighted by molar-refractivity contribution is 0.629. The molecule has 0 saturated heterocycles. The predicted octanol–water partition coefficient (Wildman–Crippen LogP) is 15.2. The number of aromatic nitrogens is 1. The predicted molar refractivity (Wildman–Crippen MR) is 237 cm³/mol. The molecule has 11 rings (SSSR count). The number of para-hydroxylation sites is 1. The maximum atomic E-state index is 14.7. The van der Waals surface area contributed by atoms with Crippen LogP contribution in [-0.2, 0) is 0 Å². The summed E-state index contributed by atoms with van der Waals surface area (Å²) in [5, 5.41) is 7.20. The average Bonchev–Trinajstić information content (AvgIpc) is 3.80. The van der Waals surface area contributed by atoms with Crippen molar-refractivity contribution in [1.82, 2.24) is 4.57 Å². The molecular formula is C52H33FN2S. The summed E-state index contributed by atoms with van der Waals surface area (Å²) in [4.78, 5) is 2.31. The number of thiophene rings is 1. The minimum Gasteiger partial charge on any atom is -0.311 e. The normalized spacial score (nSPS) is 11.7. The standard InChI is InChI=1S/C52H33FN2S/c53-39-22-31-46-45-10-3-5-14-49(45)55(50(46)33-39)43-29-27-42(28-30-43)54(40-23-18-35(19-24-40)38-17-16-34-8-1-2-9-37(34)32-38)41-25-20-36(21-26-41)44-12-7-13-48-47-11-4-6-15-51(47)56-52(44)48/h1-33H. The lowest BCUT2D eigenvalue weighted by Crippen LogP contribution is -2.10. The molecular weight excluding hydrogens is 704 g/mol. The summed E-state index contributed by atoms with van der Waals surface area (Å²) in [5.41, 5.74) is 10.8. The van der Waals surface area contributed by atoms with Gasteiger partial charge in [-0.05, 0) is 118 Å². The first kappa shape index (κ1) is 32.4. The van der Waals surface area contributed by atoms with Gasteiger partial charge < -0.3 is 9.47 Å². The van der Waals surface area contributed by atoms with Crippen LogP contribution in [0, 0.1) is 5.82 Å². The van der Waals surface area contributed by atoms with Crippen molar-refractivity contribution in [2.75, 3.05) is 4.90 Å². The minimum atomic E-state index is -0.247. The summed E-state index contributed by atoms with van der Waals surface area (Å²) in [5.74, 6) is -0.247. The van der Waals surface area contributed by atoms with Gasteiger partial charge in [-0.2, -0.15) is 0 Å². The van der Waals surface area contributed by atoms with Crippen LogP contribution in [0.25, 0.3) is 80.7 Å². The average molecular weight is 737 g/mol. The van der Waals surface area contributed by atoms with E-state index in [1.54, 1.807) is 12.1 Å².